The minimum absolute atomic E-state index is 0.289. The van der Waals surface area contributed by atoms with Gasteiger partial charge in [0.2, 0.25) is 0 Å². The lowest BCUT2D eigenvalue weighted by Crippen LogP contribution is -2.56. The van der Waals surface area contributed by atoms with Gasteiger partial charge in [-0.3, -0.25) is 10.3 Å². The van der Waals surface area contributed by atoms with Gasteiger partial charge in [-0.2, -0.15) is 5.26 Å². The Morgan fingerprint density at radius 3 is 2.93 bits per heavy atom. The molecule has 0 radical (unpaired) electrons. The predicted molar refractivity (Wildman–Crippen MR) is 52.4 cm³/mol. The highest BCUT2D eigenvalue weighted by atomic mass is 15.1. The van der Waals surface area contributed by atoms with E-state index in [1.54, 1.807) is 6.20 Å². The molecule has 2 heterocycles. The molecule has 1 atom stereocenters. The van der Waals surface area contributed by atoms with Crippen LogP contribution >= 0.6 is 0 Å². The van der Waals surface area contributed by atoms with Crippen LogP contribution < -0.4 is 10.6 Å². The Morgan fingerprint density at radius 1 is 1.57 bits per heavy atom. The van der Waals surface area contributed by atoms with Gasteiger partial charge in [0, 0.05) is 25.3 Å². The fraction of sp³-hybridized carbons (Fsp3) is 0.400. The first-order chi connectivity index (χ1) is 6.90. The molecular weight excluding hydrogens is 176 g/mol. The molecule has 0 amide bonds. The number of rotatable bonds is 3. The summed E-state index contributed by atoms with van der Waals surface area (Å²) in [5.74, 6) is 0. The summed E-state index contributed by atoms with van der Waals surface area (Å²) >= 11 is 0. The van der Waals surface area contributed by atoms with E-state index in [2.05, 4.69) is 21.7 Å². The highest BCUT2D eigenvalue weighted by molar-refractivity contribution is 5.16. The van der Waals surface area contributed by atoms with Crippen molar-refractivity contribution in [3.05, 3.63) is 30.1 Å². The zero-order chi connectivity index (χ0) is 9.80. The van der Waals surface area contributed by atoms with Gasteiger partial charge in [-0.15, -0.1) is 0 Å². The predicted octanol–water partition coefficient (Wildman–Crippen LogP) is 0.208. The Bertz CT molecular complexity index is 326. The second kappa shape index (κ2) is 4.18. The molecule has 1 aromatic rings. The molecule has 0 spiro atoms. The minimum Gasteiger partial charge on any atom is -0.314 e. The van der Waals surface area contributed by atoms with Crippen LogP contribution in [0.2, 0.25) is 0 Å². The van der Waals surface area contributed by atoms with Crippen LogP contribution in [0, 0.1) is 11.3 Å². The summed E-state index contributed by atoms with van der Waals surface area (Å²) in [5.41, 5.74) is 0.793. The van der Waals surface area contributed by atoms with Crippen molar-refractivity contribution >= 4 is 0 Å². The maximum Gasteiger partial charge on any atom is 0.138 e. The third-order valence-electron chi connectivity index (χ3n) is 2.30. The molecule has 72 valence electrons. The number of aromatic nitrogens is 1. The Hall–Kier alpha value is -1.44. The minimum atomic E-state index is -0.289. The van der Waals surface area contributed by atoms with E-state index < -0.39 is 0 Å². The topological polar surface area (TPSA) is 60.7 Å². The number of nitriles is 1. The zero-order valence-electron chi connectivity index (χ0n) is 7.77. The summed E-state index contributed by atoms with van der Waals surface area (Å²) in [6.07, 6.45) is 1.71. The first-order valence-electron chi connectivity index (χ1n) is 4.67. The van der Waals surface area contributed by atoms with Crippen molar-refractivity contribution in [2.75, 3.05) is 13.1 Å². The summed E-state index contributed by atoms with van der Waals surface area (Å²) in [6.45, 7) is 1.87. The molecule has 0 aromatic carbocycles. The average molecular weight is 188 g/mol. The van der Waals surface area contributed by atoms with E-state index in [1.807, 2.05) is 18.2 Å². The summed E-state index contributed by atoms with van der Waals surface area (Å²) < 4.78 is 0. The molecule has 4 nitrogen and oxygen atoms in total. The van der Waals surface area contributed by atoms with Crippen LogP contribution in [0.1, 0.15) is 11.7 Å². The molecule has 0 unspecified atom stereocenters. The van der Waals surface area contributed by atoms with Gasteiger partial charge in [-0.25, -0.2) is 0 Å². The van der Waals surface area contributed by atoms with E-state index in [0.717, 1.165) is 18.8 Å². The molecule has 0 saturated carbocycles. The van der Waals surface area contributed by atoms with E-state index in [-0.39, 0.29) is 6.04 Å². The number of hydrogen-bond donors (Lipinski definition) is 2. The van der Waals surface area contributed by atoms with Crippen molar-refractivity contribution in [3.63, 3.8) is 0 Å². The fourth-order valence-electron chi connectivity index (χ4n) is 1.38. The Labute approximate surface area is 83.0 Å². The van der Waals surface area contributed by atoms with Gasteiger partial charge < -0.3 is 5.32 Å². The van der Waals surface area contributed by atoms with Crippen LogP contribution in [-0.2, 0) is 0 Å². The fourth-order valence-corrected chi connectivity index (χ4v) is 1.38. The molecule has 2 rings (SSSR count). The van der Waals surface area contributed by atoms with Gasteiger partial charge in [-0.05, 0) is 12.1 Å². The van der Waals surface area contributed by atoms with Crippen LogP contribution in [-0.4, -0.2) is 24.1 Å². The SMILES string of the molecule is N#C[C@H](NC1CNC1)c1ccccn1. The van der Waals surface area contributed by atoms with E-state index in [9.17, 15) is 0 Å². The van der Waals surface area contributed by atoms with Crippen LogP contribution in [0.4, 0.5) is 0 Å². The first-order valence-corrected chi connectivity index (χ1v) is 4.67. The van der Waals surface area contributed by atoms with Crippen LogP contribution in [0.25, 0.3) is 0 Å². The van der Waals surface area contributed by atoms with E-state index in [0.29, 0.717) is 6.04 Å². The van der Waals surface area contributed by atoms with Crippen molar-refractivity contribution in [1.29, 1.82) is 5.26 Å². The molecule has 1 aliphatic rings. The molecule has 14 heavy (non-hydrogen) atoms. The molecule has 4 heteroatoms. The molecule has 0 bridgehead atoms. The van der Waals surface area contributed by atoms with Gasteiger partial charge in [0.25, 0.3) is 0 Å². The van der Waals surface area contributed by atoms with E-state index in [4.69, 9.17) is 5.26 Å². The maximum atomic E-state index is 8.98. The van der Waals surface area contributed by atoms with E-state index in [1.165, 1.54) is 0 Å². The monoisotopic (exact) mass is 188 g/mol. The van der Waals surface area contributed by atoms with E-state index >= 15 is 0 Å². The van der Waals surface area contributed by atoms with Crippen molar-refractivity contribution in [1.82, 2.24) is 15.6 Å². The lowest BCUT2D eigenvalue weighted by atomic mass is 10.1. The normalized spacial score (nSPS) is 18.2. The highest BCUT2D eigenvalue weighted by Gasteiger charge is 2.21. The summed E-state index contributed by atoms with van der Waals surface area (Å²) in [5, 5.41) is 15.4. The number of pyridine rings is 1. The van der Waals surface area contributed by atoms with Gasteiger partial charge >= 0.3 is 0 Å². The van der Waals surface area contributed by atoms with Crippen LogP contribution in [0.3, 0.4) is 0 Å². The largest absolute Gasteiger partial charge is 0.314 e. The molecule has 1 aromatic heterocycles. The summed E-state index contributed by atoms with van der Waals surface area (Å²) in [4.78, 5) is 4.16. The van der Waals surface area contributed by atoms with Gasteiger partial charge in [0.15, 0.2) is 0 Å². The van der Waals surface area contributed by atoms with Crippen LogP contribution in [0.5, 0.6) is 0 Å². The summed E-state index contributed by atoms with van der Waals surface area (Å²) in [6, 6.07) is 7.95. The third kappa shape index (κ3) is 1.90. The second-order valence-corrected chi connectivity index (χ2v) is 3.34. The van der Waals surface area contributed by atoms with Gasteiger partial charge in [0.05, 0.1) is 11.8 Å². The van der Waals surface area contributed by atoms with Crippen molar-refractivity contribution in [3.8, 4) is 6.07 Å². The average Bonchev–Trinajstić information content (AvgIpc) is 2.18. The number of hydrogen-bond acceptors (Lipinski definition) is 4. The molecule has 0 aliphatic carbocycles. The van der Waals surface area contributed by atoms with Gasteiger partial charge in [0.1, 0.15) is 6.04 Å². The lowest BCUT2D eigenvalue weighted by molar-refractivity contribution is 0.350. The number of nitrogens with zero attached hydrogens (tertiary/aromatic N) is 2. The smallest absolute Gasteiger partial charge is 0.138 e. The standard InChI is InChI=1S/C10H12N4/c11-5-10(14-8-6-12-7-8)9-3-1-2-4-13-9/h1-4,8,10,12,14H,6-7H2/t10-/m0/s1. The van der Waals surface area contributed by atoms with Crippen molar-refractivity contribution in [2.45, 2.75) is 12.1 Å². The Balaban J connectivity index is 2.02. The first kappa shape index (κ1) is 9.13. The third-order valence-corrected chi connectivity index (χ3v) is 2.30. The highest BCUT2D eigenvalue weighted by Crippen LogP contribution is 2.09. The zero-order valence-corrected chi connectivity index (χ0v) is 7.77. The quantitative estimate of drug-likeness (QED) is 0.711. The second-order valence-electron chi connectivity index (χ2n) is 3.34. The lowest BCUT2D eigenvalue weighted by Gasteiger charge is -2.29. The van der Waals surface area contributed by atoms with Crippen LogP contribution in [0.15, 0.2) is 24.4 Å². The maximum absolute atomic E-state index is 8.98. The molecule has 1 saturated heterocycles. The molecule has 1 fully saturated rings. The van der Waals surface area contributed by atoms with Gasteiger partial charge in [-0.1, -0.05) is 6.07 Å². The van der Waals surface area contributed by atoms with Crippen molar-refractivity contribution in [2.24, 2.45) is 0 Å². The molecule has 2 N–H and O–H groups in total. The molecular formula is C10H12N4. The Kier molecular flexibility index (Phi) is 2.73. The Morgan fingerprint density at radius 2 is 2.43 bits per heavy atom. The number of nitrogens with one attached hydrogen (secondary N) is 2. The molecule has 1 aliphatic heterocycles. The summed E-state index contributed by atoms with van der Waals surface area (Å²) in [7, 11) is 0. The van der Waals surface area contributed by atoms with Crippen molar-refractivity contribution < 1.29 is 0 Å².